The summed E-state index contributed by atoms with van der Waals surface area (Å²) < 4.78 is 43.5. The molecule has 1 heterocycles. The lowest BCUT2D eigenvalue weighted by atomic mass is 9.90. The predicted octanol–water partition coefficient (Wildman–Crippen LogP) is 3.50. The van der Waals surface area contributed by atoms with Gasteiger partial charge < -0.3 is 10.1 Å². The number of amides is 1. The summed E-state index contributed by atoms with van der Waals surface area (Å²) in [6.07, 6.45) is -4.48. The zero-order valence-electron chi connectivity index (χ0n) is 14.9. The van der Waals surface area contributed by atoms with Crippen LogP contribution in [0, 0.1) is 5.92 Å². The minimum atomic E-state index is -4.48. The highest BCUT2D eigenvalue weighted by atomic mass is 19.4. The molecule has 1 aliphatic rings. The maximum Gasteiger partial charge on any atom is 0.416 e. The Bertz CT molecular complexity index is 893. The first-order valence-corrected chi connectivity index (χ1v) is 8.59. The first kappa shape index (κ1) is 19.6. The second-order valence-electron chi connectivity index (χ2n) is 6.13. The number of nitrogens with zero attached hydrogens (tertiary/aromatic N) is 1. The fourth-order valence-corrected chi connectivity index (χ4v) is 2.93. The van der Waals surface area contributed by atoms with E-state index < -0.39 is 35.6 Å². The maximum atomic E-state index is 12.8. The number of rotatable bonds is 4. The van der Waals surface area contributed by atoms with Crippen LogP contribution in [0.25, 0.3) is 0 Å². The standard InChI is InChI=1S/C20H17F3N2O3/c1-2-28-19(27)15-16(12-8-10-14(11-9-12)20(21,22)23)24-17(25-18(15)26)13-6-4-3-5-7-13/h3-11,15-16H,2H2,1H3,(H,24,25,26)/t15-,16+/m1/s1. The summed E-state index contributed by atoms with van der Waals surface area (Å²) in [6, 6.07) is 12.0. The van der Waals surface area contributed by atoms with E-state index in [2.05, 4.69) is 10.3 Å². The number of alkyl halides is 3. The van der Waals surface area contributed by atoms with Crippen LogP contribution in [-0.4, -0.2) is 24.3 Å². The number of esters is 1. The third kappa shape index (κ3) is 4.05. The summed E-state index contributed by atoms with van der Waals surface area (Å²) in [4.78, 5) is 29.4. The smallest absolute Gasteiger partial charge is 0.416 e. The minimum absolute atomic E-state index is 0.0671. The highest BCUT2D eigenvalue weighted by Gasteiger charge is 2.41. The first-order chi connectivity index (χ1) is 13.3. The van der Waals surface area contributed by atoms with Crippen LogP contribution in [0.1, 0.15) is 29.7 Å². The summed E-state index contributed by atoms with van der Waals surface area (Å²) in [5, 5.41) is 2.59. The number of ether oxygens (including phenoxy) is 1. The van der Waals surface area contributed by atoms with Crippen molar-refractivity contribution < 1.29 is 27.5 Å². The first-order valence-electron chi connectivity index (χ1n) is 8.59. The number of hydrogen-bond donors (Lipinski definition) is 1. The molecule has 0 radical (unpaired) electrons. The Labute approximate surface area is 159 Å². The monoisotopic (exact) mass is 390 g/mol. The number of benzene rings is 2. The number of hydrogen-bond acceptors (Lipinski definition) is 4. The second-order valence-corrected chi connectivity index (χ2v) is 6.13. The summed E-state index contributed by atoms with van der Waals surface area (Å²) in [5.41, 5.74) is 0.112. The van der Waals surface area contributed by atoms with Crippen molar-refractivity contribution in [3.8, 4) is 0 Å². The lowest BCUT2D eigenvalue weighted by Crippen LogP contribution is -2.47. The van der Waals surface area contributed by atoms with Crippen molar-refractivity contribution >= 4 is 17.7 Å². The van der Waals surface area contributed by atoms with Crippen LogP contribution < -0.4 is 5.32 Å². The van der Waals surface area contributed by atoms with Gasteiger partial charge in [-0.05, 0) is 24.6 Å². The Balaban J connectivity index is 2.04. The van der Waals surface area contributed by atoms with Crippen LogP contribution in [0.4, 0.5) is 13.2 Å². The van der Waals surface area contributed by atoms with Crippen molar-refractivity contribution in [2.75, 3.05) is 6.61 Å². The van der Waals surface area contributed by atoms with Gasteiger partial charge in [0.25, 0.3) is 0 Å². The molecule has 5 nitrogen and oxygen atoms in total. The number of nitrogens with one attached hydrogen (secondary N) is 1. The SMILES string of the molecule is CCOC(=O)[C@H]1C(=O)NC(c2ccccc2)=N[C@H]1c1ccc(C(F)(F)F)cc1. The van der Waals surface area contributed by atoms with Gasteiger partial charge in [-0.15, -0.1) is 0 Å². The molecule has 0 aromatic heterocycles. The van der Waals surface area contributed by atoms with Crippen molar-refractivity contribution in [3.63, 3.8) is 0 Å². The molecule has 2 atom stereocenters. The highest BCUT2D eigenvalue weighted by molar-refractivity contribution is 6.14. The summed E-state index contributed by atoms with van der Waals surface area (Å²) >= 11 is 0. The van der Waals surface area contributed by atoms with Gasteiger partial charge in [0.1, 0.15) is 5.84 Å². The molecule has 0 aliphatic carbocycles. The van der Waals surface area contributed by atoms with E-state index in [-0.39, 0.29) is 12.4 Å². The van der Waals surface area contributed by atoms with E-state index >= 15 is 0 Å². The molecule has 8 heteroatoms. The van der Waals surface area contributed by atoms with Gasteiger partial charge in [-0.2, -0.15) is 13.2 Å². The van der Waals surface area contributed by atoms with Crippen molar-refractivity contribution in [1.29, 1.82) is 0 Å². The van der Waals surface area contributed by atoms with Crippen LogP contribution in [0.15, 0.2) is 59.6 Å². The number of halogens is 3. The Morgan fingerprint density at radius 3 is 2.32 bits per heavy atom. The van der Waals surface area contributed by atoms with Gasteiger partial charge in [0.15, 0.2) is 5.92 Å². The molecule has 146 valence electrons. The Morgan fingerprint density at radius 1 is 1.11 bits per heavy atom. The fourth-order valence-electron chi connectivity index (χ4n) is 2.93. The van der Waals surface area contributed by atoms with E-state index in [0.717, 1.165) is 12.1 Å². The molecule has 2 aromatic rings. The molecule has 1 N–H and O–H groups in total. The van der Waals surface area contributed by atoms with Gasteiger partial charge in [-0.3, -0.25) is 14.6 Å². The van der Waals surface area contributed by atoms with Crippen LogP contribution in [-0.2, 0) is 20.5 Å². The summed E-state index contributed by atoms with van der Waals surface area (Å²) in [6.45, 7) is 1.67. The van der Waals surface area contributed by atoms with E-state index in [1.807, 2.05) is 0 Å². The fraction of sp³-hybridized carbons (Fsp3) is 0.250. The van der Waals surface area contributed by atoms with Crippen molar-refractivity contribution in [3.05, 3.63) is 71.3 Å². The normalized spacial score (nSPS) is 19.6. The van der Waals surface area contributed by atoms with Crippen LogP contribution >= 0.6 is 0 Å². The summed E-state index contributed by atoms with van der Waals surface area (Å²) in [7, 11) is 0. The number of carbonyl (C=O) groups is 2. The van der Waals surface area contributed by atoms with Gasteiger partial charge in [0, 0.05) is 5.56 Å². The predicted molar refractivity (Wildman–Crippen MR) is 95.4 cm³/mol. The molecule has 0 saturated carbocycles. The van der Waals surface area contributed by atoms with E-state index in [4.69, 9.17) is 4.74 Å². The van der Waals surface area contributed by atoms with E-state index in [0.29, 0.717) is 11.1 Å². The van der Waals surface area contributed by atoms with Crippen molar-refractivity contribution in [2.24, 2.45) is 10.9 Å². The molecule has 2 aromatic carbocycles. The van der Waals surface area contributed by atoms with Crippen molar-refractivity contribution in [2.45, 2.75) is 19.1 Å². The second kappa shape index (κ2) is 7.84. The third-order valence-corrected chi connectivity index (χ3v) is 4.28. The van der Waals surface area contributed by atoms with Crippen LogP contribution in [0.3, 0.4) is 0 Å². The highest BCUT2D eigenvalue weighted by Crippen LogP contribution is 2.34. The third-order valence-electron chi connectivity index (χ3n) is 4.28. The quantitative estimate of drug-likeness (QED) is 0.642. The van der Waals surface area contributed by atoms with Gasteiger partial charge in [0.05, 0.1) is 18.2 Å². The largest absolute Gasteiger partial charge is 0.465 e. The van der Waals surface area contributed by atoms with Gasteiger partial charge in [-0.25, -0.2) is 0 Å². The Morgan fingerprint density at radius 2 is 1.75 bits per heavy atom. The molecular formula is C20H17F3N2O3. The molecule has 1 amide bonds. The molecular weight excluding hydrogens is 373 g/mol. The molecule has 0 unspecified atom stereocenters. The van der Waals surface area contributed by atoms with E-state index in [9.17, 15) is 22.8 Å². The van der Waals surface area contributed by atoms with Gasteiger partial charge >= 0.3 is 12.1 Å². The van der Waals surface area contributed by atoms with Gasteiger partial charge in [-0.1, -0.05) is 42.5 Å². The zero-order chi connectivity index (χ0) is 20.3. The maximum absolute atomic E-state index is 12.8. The Kier molecular flexibility index (Phi) is 5.48. The molecule has 0 spiro atoms. The zero-order valence-corrected chi connectivity index (χ0v) is 14.9. The van der Waals surface area contributed by atoms with Crippen molar-refractivity contribution in [1.82, 2.24) is 5.32 Å². The van der Waals surface area contributed by atoms with Crippen LogP contribution in [0.5, 0.6) is 0 Å². The molecule has 1 aliphatic heterocycles. The van der Waals surface area contributed by atoms with Gasteiger partial charge in [0.2, 0.25) is 5.91 Å². The number of carbonyl (C=O) groups excluding carboxylic acids is 2. The topological polar surface area (TPSA) is 67.8 Å². The number of aliphatic imine (C=N–C) groups is 1. The average Bonchev–Trinajstić information content (AvgIpc) is 2.67. The molecule has 0 bridgehead atoms. The minimum Gasteiger partial charge on any atom is -0.465 e. The van der Waals surface area contributed by atoms with E-state index in [1.54, 1.807) is 37.3 Å². The summed E-state index contributed by atoms with van der Waals surface area (Å²) in [5.74, 6) is -2.43. The number of amidine groups is 1. The molecule has 3 rings (SSSR count). The van der Waals surface area contributed by atoms with Crippen LogP contribution in [0.2, 0.25) is 0 Å². The Hall–Kier alpha value is -3.16. The molecule has 0 fully saturated rings. The molecule has 0 saturated heterocycles. The van der Waals surface area contributed by atoms with E-state index in [1.165, 1.54) is 12.1 Å². The molecule has 28 heavy (non-hydrogen) atoms. The lowest BCUT2D eigenvalue weighted by Gasteiger charge is -2.28. The lowest BCUT2D eigenvalue weighted by molar-refractivity contribution is -0.153. The average molecular weight is 390 g/mol.